The van der Waals surface area contributed by atoms with Gasteiger partial charge in [-0.1, -0.05) is 26.5 Å². The van der Waals surface area contributed by atoms with E-state index in [0.717, 1.165) is 0 Å². The van der Waals surface area contributed by atoms with Gasteiger partial charge in [0.25, 0.3) is 0 Å². The Bertz CT molecular complexity index is 336. The Labute approximate surface area is 97.9 Å². The lowest BCUT2D eigenvalue weighted by molar-refractivity contribution is -0.326. The fraction of sp³-hybridized carbons (Fsp3) is 0.800. The summed E-state index contributed by atoms with van der Waals surface area (Å²) in [5, 5.41) is -2.23. The second kappa shape index (κ2) is 4.75. The van der Waals surface area contributed by atoms with Crippen LogP contribution in [0, 0.1) is 5.92 Å². The maximum atomic E-state index is 12.5. The molecule has 0 amide bonds. The molecule has 2 unspecified atom stereocenters. The fourth-order valence-electron chi connectivity index (χ4n) is 2.59. The minimum absolute atomic E-state index is 0.229. The van der Waals surface area contributed by atoms with E-state index in [1.165, 1.54) is 6.08 Å². The minimum atomic E-state index is -5.33. The monoisotopic (exact) mass is 270 g/mol. The van der Waals surface area contributed by atoms with Crippen molar-refractivity contribution >= 4 is 7.60 Å². The first kappa shape index (κ1) is 14.7. The van der Waals surface area contributed by atoms with Crippen molar-refractivity contribution in [2.24, 2.45) is 5.92 Å². The first-order valence-corrected chi connectivity index (χ1v) is 6.88. The summed E-state index contributed by atoms with van der Waals surface area (Å²) in [4.78, 5) is 22.6. The summed E-state index contributed by atoms with van der Waals surface area (Å²) in [6, 6.07) is 0. The Hall–Kier alpha value is -0.320. The van der Waals surface area contributed by atoms with Gasteiger partial charge in [-0.25, -0.2) is 0 Å². The van der Waals surface area contributed by atoms with Gasteiger partial charge in [0.1, 0.15) is 0 Å². The van der Waals surface area contributed by atoms with Crippen molar-refractivity contribution in [1.82, 2.24) is 0 Å². The molecular weight excluding hydrogens is 256 g/mol. The zero-order chi connectivity index (χ0) is 13.3. The van der Waals surface area contributed by atoms with E-state index in [-0.39, 0.29) is 12.8 Å². The van der Waals surface area contributed by atoms with Crippen LogP contribution in [0.5, 0.6) is 0 Å². The topological polar surface area (TPSA) is 63.2 Å². The zero-order valence-corrected chi connectivity index (χ0v) is 10.1. The van der Waals surface area contributed by atoms with Crippen LogP contribution in [0.15, 0.2) is 12.7 Å². The Morgan fingerprint density at radius 1 is 1.41 bits per heavy atom. The van der Waals surface area contributed by atoms with Gasteiger partial charge >= 0.3 is 6.18 Å². The number of halogens is 3. The lowest BCUT2D eigenvalue weighted by Crippen LogP contribution is -2.49. The van der Waals surface area contributed by atoms with Crippen LogP contribution >= 0.6 is 7.60 Å². The smallest absolute Gasteiger partial charge is 0.390 e. The quantitative estimate of drug-likeness (QED) is 0.581. The second-order valence-electron chi connectivity index (χ2n) is 4.48. The van der Waals surface area contributed by atoms with Gasteiger partial charge in [0.2, 0.25) is 0 Å². The van der Waals surface area contributed by atoms with Crippen molar-refractivity contribution < 1.29 is 27.5 Å². The fourth-order valence-corrected chi connectivity index (χ4v) is 4.04. The largest absolute Gasteiger partial charge is 0.810 e. The standard InChI is InChI=1S/C10H16F3O3P/c1-2-8-5-3-4-6-9(8,17(14,15)16)7-10(11,12)13/h2,8H,1,3-7H2,(H2,14,15,16)/p-2. The number of hydrogen-bond acceptors (Lipinski definition) is 3. The molecule has 0 radical (unpaired) electrons. The summed E-state index contributed by atoms with van der Waals surface area (Å²) in [6.45, 7) is 3.36. The van der Waals surface area contributed by atoms with Gasteiger partial charge in [-0.2, -0.15) is 13.2 Å². The van der Waals surface area contributed by atoms with E-state index in [1.807, 2.05) is 0 Å². The van der Waals surface area contributed by atoms with E-state index >= 15 is 0 Å². The normalized spacial score (nSPS) is 31.2. The third-order valence-electron chi connectivity index (χ3n) is 3.40. The summed E-state index contributed by atoms with van der Waals surface area (Å²) >= 11 is 0. The minimum Gasteiger partial charge on any atom is -0.810 e. The molecule has 7 heteroatoms. The van der Waals surface area contributed by atoms with Crippen molar-refractivity contribution in [2.45, 2.75) is 43.4 Å². The highest BCUT2D eigenvalue weighted by molar-refractivity contribution is 7.50. The molecule has 0 saturated heterocycles. The molecule has 1 saturated carbocycles. The van der Waals surface area contributed by atoms with Crippen LogP contribution in [0.2, 0.25) is 0 Å². The van der Waals surface area contributed by atoms with Crippen LogP contribution < -0.4 is 9.79 Å². The SMILES string of the molecule is C=CC1CCCCC1(CC(F)(F)F)P(=O)([O-])[O-]. The van der Waals surface area contributed by atoms with Crippen LogP contribution in [-0.4, -0.2) is 11.3 Å². The summed E-state index contributed by atoms with van der Waals surface area (Å²) in [6.07, 6.45) is -4.07. The van der Waals surface area contributed by atoms with Gasteiger partial charge in [-0.05, 0) is 18.8 Å². The van der Waals surface area contributed by atoms with Crippen LogP contribution in [0.3, 0.4) is 0 Å². The second-order valence-corrected chi connectivity index (χ2v) is 6.37. The highest BCUT2D eigenvalue weighted by Crippen LogP contribution is 2.59. The molecule has 0 heterocycles. The Balaban J connectivity index is 3.16. The molecule has 3 nitrogen and oxygen atoms in total. The van der Waals surface area contributed by atoms with E-state index in [1.54, 1.807) is 0 Å². The van der Waals surface area contributed by atoms with E-state index in [4.69, 9.17) is 0 Å². The van der Waals surface area contributed by atoms with Crippen LogP contribution in [-0.2, 0) is 4.57 Å². The van der Waals surface area contributed by atoms with Gasteiger partial charge < -0.3 is 14.4 Å². The molecule has 1 aliphatic carbocycles. The molecule has 1 rings (SSSR count). The molecule has 0 aromatic heterocycles. The van der Waals surface area contributed by atoms with E-state index in [0.29, 0.717) is 12.8 Å². The molecule has 0 aliphatic heterocycles. The first-order chi connectivity index (χ1) is 7.62. The van der Waals surface area contributed by atoms with Gasteiger partial charge in [0, 0.05) is 5.16 Å². The third kappa shape index (κ3) is 3.12. The van der Waals surface area contributed by atoms with Crippen LogP contribution in [0.4, 0.5) is 13.2 Å². The molecule has 0 aromatic carbocycles. The molecule has 1 fully saturated rings. The van der Waals surface area contributed by atoms with Crippen molar-refractivity contribution in [2.75, 3.05) is 0 Å². The highest BCUT2D eigenvalue weighted by atomic mass is 31.2. The van der Waals surface area contributed by atoms with Gasteiger partial charge in [-0.15, -0.1) is 6.58 Å². The summed E-state index contributed by atoms with van der Waals surface area (Å²) in [5.41, 5.74) is 0. The Morgan fingerprint density at radius 3 is 2.41 bits per heavy atom. The Morgan fingerprint density at radius 2 is 2.00 bits per heavy atom. The highest BCUT2D eigenvalue weighted by Gasteiger charge is 2.49. The number of alkyl halides is 3. The van der Waals surface area contributed by atoms with Crippen LogP contribution in [0.1, 0.15) is 32.1 Å². The summed E-state index contributed by atoms with van der Waals surface area (Å²) in [5.74, 6) is -0.904. The average Bonchev–Trinajstić information content (AvgIpc) is 2.14. The van der Waals surface area contributed by atoms with Crippen LogP contribution in [0.25, 0.3) is 0 Å². The van der Waals surface area contributed by atoms with Gasteiger partial charge in [-0.3, -0.25) is 0 Å². The molecule has 0 bridgehead atoms. The van der Waals surface area contributed by atoms with E-state index in [9.17, 15) is 27.5 Å². The molecule has 0 aromatic rings. The molecule has 1 aliphatic rings. The first-order valence-electron chi connectivity index (χ1n) is 5.34. The molecule has 2 atom stereocenters. The van der Waals surface area contributed by atoms with Crippen molar-refractivity contribution in [3.63, 3.8) is 0 Å². The maximum Gasteiger partial charge on any atom is 0.390 e. The molecule has 0 N–H and O–H groups in total. The lowest BCUT2D eigenvalue weighted by atomic mass is 9.76. The molecular formula is C10H14F3O3P-2. The summed E-state index contributed by atoms with van der Waals surface area (Å²) in [7, 11) is -5.33. The van der Waals surface area contributed by atoms with Crippen molar-refractivity contribution in [3.8, 4) is 0 Å². The molecule has 100 valence electrons. The predicted octanol–water partition coefficient (Wildman–Crippen LogP) is 1.97. The average molecular weight is 270 g/mol. The molecule has 0 spiro atoms. The molecule has 17 heavy (non-hydrogen) atoms. The Kier molecular flexibility index (Phi) is 4.12. The van der Waals surface area contributed by atoms with Crippen molar-refractivity contribution in [3.05, 3.63) is 12.7 Å². The predicted molar refractivity (Wildman–Crippen MR) is 53.2 cm³/mol. The summed E-state index contributed by atoms with van der Waals surface area (Å²) < 4.78 is 48.8. The van der Waals surface area contributed by atoms with Gasteiger partial charge in [0.15, 0.2) is 0 Å². The lowest BCUT2D eigenvalue weighted by Gasteiger charge is -2.55. The van der Waals surface area contributed by atoms with E-state index in [2.05, 4.69) is 6.58 Å². The zero-order valence-electron chi connectivity index (χ0n) is 9.20. The number of hydrogen-bond donors (Lipinski definition) is 0. The maximum absolute atomic E-state index is 12.5. The van der Waals surface area contributed by atoms with Gasteiger partial charge in [0.05, 0.1) is 6.42 Å². The number of allylic oxidation sites excluding steroid dienone is 1. The third-order valence-corrected chi connectivity index (χ3v) is 5.21. The van der Waals surface area contributed by atoms with Crippen molar-refractivity contribution in [1.29, 1.82) is 0 Å². The number of rotatable bonds is 3. The van der Waals surface area contributed by atoms with E-state index < -0.39 is 31.3 Å².